The average molecular weight is 366 g/mol. The highest BCUT2D eigenvalue weighted by Crippen LogP contribution is 2.21. The zero-order valence-electron chi connectivity index (χ0n) is 15.4. The maximum Gasteiger partial charge on any atom is 0.411 e. The minimum atomic E-state index is -0.525. The summed E-state index contributed by atoms with van der Waals surface area (Å²) in [5.74, 6) is 0.266. The van der Waals surface area contributed by atoms with E-state index >= 15 is 0 Å². The Morgan fingerprint density at radius 2 is 1.78 bits per heavy atom. The normalized spacial score (nSPS) is 10.6. The van der Waals surface area contributed by atoms with Crippen LogP contribution in [0.3, 0.4) is 0 Å². The first-order valence-corrected chi connectivity index (χ1v) is 8.92. The lowest BCUT2D eigenvalue weighted by atomic mass is 10.2. The van der Waals surface area contributed by atoms with Gasteiger partial charge in [-0.2, -0.15) is 0 Å². The molecule has 0 bridgehead atoms. The van der Waals surface area contributed by atoms with E-state index in [0.29, 0.717) is 23.8 Å². The number of amides is 2. The summed E-state index contributed by atoms with van der Waals surface area (Å²) in [6.07, 6.45) is 0.403. The van der Waals surface area contributed by atoms with E-state index in [0.717, 1.165) is 24.0 Å². The number of imidazole rings is 1. The molecule has 27 heavy (non-hydrogen) atoms. The number of hydrogen-bond donors (Lipinski definition) is 2. The van der Waals surface area contributed by atoms with Gasteiger partial charge in [0.15, 0.2) is 0 Å². The molecular weight excluding hydrogens is 344 g/mol. The molecule has 0 atom stereocenters. The number of carbonyl (C=O) groups is 2. The van der Waals surface area contributed by atoms with Crippen LogP contribution in [0.1, 0.15) is 30.6 Å². The fourth-order valence-corrected chi connectivity index (χ4v) is 2.78. The lowest BCUT2D eigenvalue weighted by Gasteiger charge is -2.09. The molecular formula is C20H22N4O3. The topological polar surface area (TPSA) is 85.2 Å². The van der Waals surface area contributed by atoms with Crippen molar-refractivity contribution in [1.82, 2.24) is 9.55 Å². The summed E-state index contributed by atoms with van der Waals surface area (Å²) in [6, 6.07) is 14.4. The number of benzene rings is 2. The van der Waals surface area contributed by atoms with E-state index in [1.807, 2.05) is 28.8 Å². The van der Waals surface area contributed by atoms with Gasteiger partial charge in [-0.15, -0.1) is 0 Å². The molecule has 7 heteroatoms. The molecule has 2 amide bonds. The van der Waals surface area contributed by atoms with E-state index in [1.165, 1.54) is 0 Å². The third-order valence-electron chi connectivity index (χ3n) is 4.00. The summed E-state index contributed by atoms with van der Waals surface area (Å²) in [4.78, 5) is 28.6. The molecule has 0 saturated carbocycles. The molecule has 140 valence electrons. The molecule has 7 nitrogen and oxygen atoms in total. The number of fused-ring (bicyclic) bond motifs is 1. The molecule has 0 aliphatic rings. The van der Waals surface area contributed by atoms with Crippen LogP contribution in [0.2, 0.25) is 0 Å². The van der Waals surface area contributed by atoms with E-state index < -0.39 is 6.09 Å². The minimum Gasteiger partial charge on any atom is -0.450 e. The van der Waals surface area contributed by atoms with Gasteiger partial charge in [-0.25, -0.2) is 9.78 Å². The van der Waals surface area contributed by atoms with Crippen LogP contribution in [0.25, 0.3) is 11.0 Å². The molecule has 0 saturated heterocycles. The zero-order valence-corrected chi connectivity index (χ0v) is 15.4. The van der Waals surface area contributed by atoms with Gasteiger partial charge < -0.3 is 9.30 Å². The monoisotopic (exact) mass is 366 g/mol. The van der Waals surface area contributed by atoms with Crippen molar-refractivity contribution in [1.29, 1.82) is 0 Å². The van der Waals surface area contributed by atoms with Gasteiger partial charge in [0.05, 0.1) is 17.6 Å². The Balaban J connectivity index is 1.76. The first kappa shape index (κ1) is 18.4. The van der Waals surface area contributed by atoms with Crippen molar-refractivity contribution in [3.63, 3.8) is 0 Å². The predicted octanol–water partition coefficient (Wildman–Crippen LogP) is 4.27. The second kappa shape index (κ2) is 8.35. The molecule has 0 radical (unpaired) electrons. The van der Waals surface area contributed by atoms with E-state index in [1.54, 1.807) is 31.2 Å². The van der Waals surface area contributed by atoms with Crippen LogP contribution in [0, 0.1) is 0 Å². The quantitative estimate of drug-likeness (QED) is 0.682. The Labute approximate surface area is 157 Å². The molecule has 2 N–H and O–H groups in total. The Bertz CT molecular complexity index is 948. The van der Waals surface area contributed by atoms with Gasteiger partial charge >= 0.3 is 6.09 Å². The predicted molar refractivity (Wildman–Crippen MR) is 105 cm³/mol. The second-order valence-electron chi connectivity index (χ2n) is 5.95. The zero-order chi connectivity index (χ0) is 19.2. The van der Waals surface area contributed by atoms with Crippen molar-refractivity contribution in [2.45, 2.75) is 26.8 Å². The van der Waals surface area contributed by atoms with Crippen molar-refractivity contribution in [2.75, 3.05) is 17.2 Å². The summed E-state index contributed by atoms with van der Waals surface area (Å²) < 4.78 is 6.83. The molecule has 3 aromatic rings. The van der Waals surface area contributed by atoms with E-state index in [4.69, 9.17) is 4.74 Å². The van der Waals surface area contributed by atoms with Crippen molar-refractivity contribution in [3.05, 3.63) is 54.1 Å². The molecule has 0 fully saturated rings. The third-order valence-corrected chi connectivity index (χ3v) is 4.00. The molecule has 0 unspecified atom stereocenters. The Morgan fingerprint density at radius 1 is 1.04 bits per heavy atom. The number of ether oxygens (including phenoxy) is 1. The first-order valence-electron chi connectivity index (χ1n) is 8.92. The van der Waals surface area contributed by atoms with Gasteiger partial charge in [0, 0.05) is 17.8 Å². The van der Waals surface area contributed by atoms with Crippen molar-refractivity contribution < 1.29 is 14.3 Å². The number of hydrogen-bond acceptors (Lipinski definition) is 4. The Morgan fingerprint density at radius 3 is 2.48 bits per heavy atom. The Hall–Kier alpha value is -3.35. The number of nitrogens with one attached hydrogen (secondary N) is 2. The SMILES string of the molecule is CCCn1c(NC(=O)c2ccc(NC(=O)OCC)cc2)nc2ccccc21. The van der Waals surface area contributed by atoms with Crippen LogP contribution >= 0.6 is 0 Å². The number of rotatable bonds is 6. The number of aryl methyl sites for hydroxylation is 1. The van der Waals surface area contributed by atoms with Gasteiger partial charge in [0.2, 0.25) is 5.95 Å². The number of para-hydroxylation sites is 2. The van der Waals surface area contributed by atoms with Gasteiger partial charge in [-0.1, -0.05) is 19.1 Å². The lowest BCUT2D eigenvalue weighted by molar-refractivity contribution is 0.102. The number of anilines is 2. The maximum atomic E-state index is 12.6. The number of aromatic nitrogens is 2. The van der Waals surface area contributed by atoms with Crippen LogP contribution < -0.4 is 10.6 Å². The van der Waals surface area contributed by atoms with Crippen LogP contribution in [-0.4, -0.2) is 28.2 Å². The van der Waals surface area contributed by atoms with Crippen LogP contribution in [0.15, 0.2) is 48.5 Å². The fourth-order valence-electron chi connectivity index (χ4n) is 2.78. The van der Waals surface area contributed by atoms with Gasteiger partial charge in [0.1, 0.15) is 0 Å². The third kappa shape index (κ3) is 4.25. The summed E-state index contributed by atoms with van der Waals surface area (Å²) in [5, 5.41) is 5.48. The molecule has 1 heterocycles. The minimum absolute atomic E-state index is 0.259. The standard InChI is InChI=1S/C20H22N4O3/c1-3-13-24-17-8-6-5-7-16(17)22-19(24)23-18(25)14-9-11-15(12-10-14)21-20(26)27-4-2/h5-12H,3-4,13H2,1-2H3,(H,21,26)(H,22,23,25). The van der Waals surface area contributed by atoms with Crippen LogP contribution in [0.5, 0.6) is 0 Å². The van der Waals surface area contributed by atoms with Crippen molar-refractivity contribution >= 4 is 34.7 Å². The molecule has 0 aliphatic heterocycles. The molecule has 0 aliphatic carbocycles. The van der Waals surface area contributed by atoms with Gasteiger partial charge in [-0.05, 0) is 49.7 Å². The molecule has 3 rings (SSSR count). The summed E-state index contributed by atoms with van der Waals surface area (Å²) >= 11 is 0. The summed E-state index contributed by atoms with van der Waals surface area (Å²) in [7, 11) is 0. The Kier molecular flexibility index (Phi) is 5.71. The van der Waals surface area contributed by atoms with E-state index in [-0.39, 0.29) is 5.91 Å². The van der Waals surface area contributed by atoms with Crippen molar-refractivity contribution in [2.24, 2.45) is 0 Å². The second-order valence-corrected chi connectivity index (χ2v) is 5.95. The van der Waals surface area contributed by atoms with E-state index in [2.05, 4.69) is 22.5 Å². The fraction of sp³-hybridized carbons (Fsp3) is 0.250. The highest BCUT2D eigenvalue weighted by atomic mass is 16.5. The van der Waals surface area contributed by atoms with Crippen LogP contribution in [-0.2, 0) is 11.3 Å². The number of nitrogens with zero attached hydrogens (tertiary/aromatic N) is 2. The van der Waals surface area contributed by atoms with Crippen LogP contribution in [0.4, 0.5) is 16.4 Å². The smallest absolute Gasteiger partial charge is 0.411 e. The molecule has 1 aromatic heterocycles. The first-order chi connectivity index (χ1) is 13.1. The lowest BCUT2D eigenvalue weighted by Crippen LogP contribution is -2.16. The maximum absolute atomic E-state index is 12.6. The number of carbonyl (C=O) groups excluding carboxylic acids is 2. The van der Waals surface area contributed by atoms with Gasteiger partial charge in [0.25, 0.3) is 5.91 Å². The largest absolute Gasteiger partial charge is 0.450 e. The van der Waals surface area contributed by atoms with Gasteiger partial charge in [-0.3, -0.25) is 15.4 Å². The van der Waals surface area contributed by atoms with Crippen molar-refractivity contribution in [3.8, 4) is 0 Å². The van der Waals surface area contributed by atoms with E-state index in [9.17, 15) is 9.59 Å². The highest BCUT2D eigenvalue weighted by Gasteiger charge is 2.14. The molecule has 2 aromatic carbocycles. The average Bonchev–Trinajstić information content (AvgIpc) is 3.00. The summed E-state index contributed by atoms with van der Waals surface area (Å²) in [5.41, 5.74) is 2.86. The highest BCUT2D eigenvalue weighted by molar-refractivity contribution is 6.04. The molecule has 0 spiro atoms. The summed E-state index contributed by atoms with van der Waals surface area (Å²) in [6.45, 7) is 4.87.